The fourth-order valence-electron chi connectivity index (χ4n) is 1.98. The fraction of sp³-hybridized carbons (Fsp3) is 0.417. The molecule has 1 heterocycles. The average molecular weight is 201 g/mol. The molecule has 0 bridgehead atoms. The Kier molecular flexibility index (Phi) is 1.83. The molecule has 1 fully saturated rings. The van der Waals surface area contributed by atoms with Gasteiger partial charge in [0, 0.05) is 0 Å². The fourth-order valence-corrected chi connectivity index (χ4v) is 1.98. The van der Waals surface area contributed by atoms with Crippen molar-refractivity contribution in [1.29, 1.82) is 0 Å². The molecule has 0 amide bonds. The molecule has 3 heteroatoms. The van der Waals surface area contributed by atoms with Crippen molar-refractivity contribution in [2.75, 3.05) is 0 Å². The van der Waals surface area contributed by atoms with Crippen LogP contribution in [-0.4, -0.2) is 9.97 Å². The summed E-state index contributed by atoms with van der Waals surface area (Å²) in [5.41, 5.74) is 9.47. The Morgan fingerprint density at radius 2 is 2.27 bits per heavy atom. The summed E-state index contributed by atoms with van der Waals surface area (Å²) in [5, 5.41) is 0. The van der Waals surface area contributed by atoms with Crippen LogP contribution in [0.1, 0.15) is 30.3 Å². The van der Waals surface area contributed by atoms with Gasteiger partial charge in [-0.25, -0.2) is 4.98 Å². The Balaban J connectivity index is 2.05. The lowest BCUT2D eigenvalue weighted by atomic mass is 10.2. The maximum absolute atomic E-state index is 6.11. The van der Waals surface area contributed by atoms with Crippen LogP contribution >= 0.6 is 0 Å². The number of nitrogens with two attached hydrogens (primary N) is 1. The first kappa shape index (κ1) is 8.92. The van der Waals surface area contributed by atoms with Crippen molar-refractivity contribution < 1.29 is 0 Å². The molecular weight excluding hydrogens is 186 g/mol. The van der Waals surface area contributed by atoms with Crippen molar-refractivity contribution >= 4 is 11.0 Å². The zero-order valence-corrected chi connectivity index (χ0v) is 8.83. The van der Waals surface area contributed by atoms with Gasteiger partial charge in [-0.1, -0.05) is 6.07 Å². The van der Waals surface area contributed by atoms with Crippen LogP contribution in [0.5, 0.6) is 0 Å². The zero-order valence-electron chi connectivity index (χ0n) is 8.83. The number of aromatic nitrogens is 2. The molecule has 1 saturated carbocycles. The summed E-state index contributed by atoms with van der Waals surface area (Å²) in [5.74, 6) is 1.59. The quantitative estimate of drug-likeness (QED) is 0.783. The Morgan fingerprint density at radius 3 is 3.00 bits per heavy atom. The van der Waals surface area contributed by atoms with E-state index < -0.39 is 0 Å². The van der Waals surface area contributed by atoms with E-state index in [1.54, 1.807) is 0 Å². The van der Waals surface area contributed by atoms with Gasteiger partial charge in [-0.05, 0) is 43.4 Å². The van der Waals surface area contributed by atoms with Crippen LogP contribution in [-0.2, 0) is 0 Å². The molecular formula is C12H15N3. The van der Waals surface area contributed by atoms with Crippen molar-refractivity contribution in [2.45, 2.75) is 25.8 Å². The summed E-state index contributed by atoms with van der Waals surface area (Å²) in [6.45, 7) is 2.08. The summed E-state index contributed by atoms with van der Waals surface area (Å²) in [6.07, 6.45) is 2.49. The average Bonchev–Trinajstić information content (AvgIpc) is 2.97. The molecule has 2 aromatic rings. The lowest BCUT2D eigenvalue weighted by Crippen LogP contribution is -2.13. The van der Waals surface area contributed by atoms with Gasteiger partial charge < -0.3 is 10.7 Å². The minimum atomic E-state index is 0.0951. The monoisotopic (exact) mass is 201 g/mol. The van der Waals surface area contributed by atoms with Crippen LogP contribution < -0.4 is 5.73 Å². The number of nitrogens with zero attached hydrogens (tertiary/aromatic N) is 1. The van der Waals surface area contributed by atoms with E-state index in [2.05, 4.69) is 29.0 Å². The summed E-state index contributed by atoms with van der Waals surface area (Å²) in [4.78, 5) is 7.86. The number of hydrogen-bond acceptors (Lipinski definition) is 2. The lowest BCUT2D eigenvalue weighted by Gasteiger charge is -2.04. The molecule has 1 aromatic carbocycles. The second-order valence-electron chi connectivity index (χ2n) is 4.51. The molecule has 0 saturated heterocycles. The number of benzene rings is 1. The van der Waals surface area contributed by atoms with Gasteiger partial charge in [0.25, 0.3) is 0 Å². The maximum Gasteiger partial charge on any atom is 0.124 e. The van der Waals surface area contributed by atoms with Gasteiger partial charge in [0.05, 0.1) is 17.1 Å². The summed E-state index contributed by atoms with van der Waals surface area (Å²) in [6, 6.07) is 6.34. The summed E-state index contributed by atoms with van der Waals surface area (Å²) < 4.78 is 0. The van der Waals surface area contributed by atoms with Gasteiger partial charge in [0.1, 0.15) is 5.82 Å². The van der Waals surface area contributed by atoms with Gasteiger partial charge in [-0.3, -0.25) is 0 Å². The number of aromatic amines is 1. The van der Waals surface area contributed by atoms with Crippen LogP contribution in [0.3, 0.4) is 0 Å². The van der Waals surface area contributed by atoms with Crippen molar-refractivity contribution in [3.8, 4) is 0 Å². The second kappa shape index (κ2) is 3.07. The molecule has 0 radical (unpaired) electrons. The van der Waals surface area contributed by atoms with E-state index in [-0.39, 0.29) is 6.04 Å². The van der Waals surface area contributed by atoms with E-state index in [4.69, 9.17) is 5.73 Å². The molecule has 3 rings (SSSR count). The maximum atomic E-state index is 6.11. The summed E-state index contributed by atoms with van der Waals surface area (Å²) in [7, 11) is 0. The highest BCUT2D eigenvalue weighted by Crippen LogP contribution is 2.38. The van der Waals surface area contributed by atoms with Gasteiger partial charge in [0.2, 0.25) is 0 Å². The van der Waals surface area contributed by atoms with E-state index in [1.807, 2.05) is 6.07 Å². The molecule has 78 valence electrons. The number of H-pyrrole nitrogens is 1. The highest BCUT2D eigenvalue weighted by Gasteiger charge is 2.31. The highest BCUT2D eigenvalue weighted by atomic mass is 15.0. The van der Waals surface area contributed by atoms with Crippen molar-refractivity contribution in [3.05, 3.63) is 29.6 Å². The molecule has 0 aliphatic heterocycles. The molecule has 3 nitrogen and oxygen atoms in total. The molecule has 3 N–H and O–H groups in total. The van der Waals surface area contributed by atoms with E-state index in [1.165, 1.54) is 18.4 Å². The van der Waals surface area contributed by atoms with Gasteiger partial charge in [-0.15, -0.1) is 0 Å². The Morgan fingerprint density at radius 1 is 1.47 bits per heavy atom. The SMILES string of the molecule is Cc1ccc2nc(C(N)C3CC3)[nH]c2c1. The number of fused-ring (bicyclic) bond motifs is 1. The van der Waals surface area contributed by atoms with Crippen molar-refractivity contribution in [3.63, 3.8) is 0 Å². The third-order valence-electron chi connectivity index (χ3n) is 3.10. The molecule has 15 heavy (non-hydrogen) atoms. The number of nitrogens with one attached hydrogen (secondary N) is 1. The standard InChI is InChI=1S/C12H15N3/c1-7-2-5-9-10(6-7)15-12(14-9)11(13)8-3-4-8/h2,5-6,8,11H,3-4,13H2,1H3,(H,14,15). The first-order valence-corrected chi connectivity index (χ1v) is 5.46. The van der Waals surface area contributed by atoms with E-state index in [9.17, 15) is 0 Å². The third-order valence-corrected chi connectivity index (χ3v) is 3.10. The Labute approximate surface area is 88.7 Å². The molecule has 0 spiro atoms. The topological polar surface area (TPSA) is 54.7 Å². The number of hydrogen-bond donors (Lipinski definition) is 2. The van der Waals surface area contributed by atoms with Crippen LogP contribution in [0.15, 0.2) is 18.2 Å². The van der Waals surface area contributed by atoms with Crippen molar-refractivity contribution in [2.24, 2.45) is 11.7 Å². The van der Waals surface area contributed by atoms with Gasteiger partial charge >= 0.3 is 0 Å². The van der Waals surface area contributed by atoms with Crippen molar-refractivity contribution in [1.82, 2.24) is 9.97 Å². The molecule has 1 aliphatic carbocycles. The smallest absolute Gasteiger partial charge is 0.124 e. The normalized spacial score (nSPS) is 18.3. The van der Waals surface area contributed by atoms with Crippen LogP contribution in [0.2, 0.25) is 0 Å². The highest BCUT2D eigenvalue weighted by molar-refractivity contribution is 5.75. The Bertz CT molecular complexity index is 497. The minimum Gasteiger partial charge on any atom is -0.341 e. The summed E-state index contributed by atoms with van der Waals surface area (Å²) >= 11 is 0. The van der Waals surface area contributed by atoms with E-state index >= 15 is 0 Å². The van der Waals surface area contributed by atoms with Crippen LogP contribution in [0.4, 0.5) is 0 Å². The van der Waals surface area contributed by atoms with Crippen LogP contribution in [0.25, 0.3) is 11.0 Å². The first-order valence-electron chi connectivity index (χ1n) is 5.46. The van der Waals surface area contributed by atoms with E-state index in [0.29, 0.717) is 5.92 Å². The first-order chi connectivity index (χ1) is 7.24. The second-order valence-corrected chi connectivity index (χ2v) is 4.51. The van der Waals surface area contributed by atoms with E-state index in [0.717, 1.165) is 16.9 Å². The third kappa shape index (κ3) is 1.53. The lowest BCUT2D eigenvalue weighted by molar-refractivity contribution is 0.602. The zero-order chi connectivity index (χ0) is 10.4. The predicted octanol–water partition coefficient (Wildman–Crippen LogP) is 2.28. The molecule has 1 aliphatic rings. The van der Waals surface area contributed by atoms with Gasteiger partial charge in [0.15, 0.2) is 0 Å². The Hall–Kier alpha value is -1.35. The molecule has 1 unspecified atom stereocenters. The number of imidazole rings is 1. The number of rotatable bonds is 2. The largest absolute Gasteiger partial charge is 0.341 e. The minimum absolute atomic E-state index is 0.0951. The van der Waals surface area contributed by atoms with Crippen LogP contribution in [0, 0.1) is 12.8 Å². The number of aryl methyl sites for hydroxylation is 1. The molecule has 1 aromatic heterocycles. The van der Waals surface area contributed by atoms with Gasteiger partial charge in [-0.2, -0.15) is 0 Å². The molecule has 1 atom stereocenters. The predicted molar refractivity (Wildman–Crippen MR) is 60.5 cm³/mol.